The molecule has 1 aromatic heterocycles. The van der Waals surface area contributed by atoms with Crippen molar-refractivity contribution in [1.29, 1.82) is 0 Å². The van der Waals surface area contributed by atoms with Crippen molar-refractivity contribution in [1.82, 2.24) is 14.9 Å². The van der Waals surface area contributed by atoms with Gasteiger partial charge in [-0.15, -0.1) is 0 Å². The topological polar surface area (TPSA) is 111 Å². The van der Waals surface area contributed by atoms with E-state index in [1.54, 1.807) is 24.4 Å². The molecule has 10 heteroatoms. The van der Waals surface area contributed by atoms with E-state index in [4.69, 9.17) is 32.8 Å². The van der Waals surface area contributed by atoms with Crippen LogP contribution < -0.4 is 21.1 Å². The summed E-state index contributed by atoms with van der Waals surface area (Å²) in [6.45, 7) is 3.91. The van der Waals surface area contributed by atoms with E-state index in [0.29, 0.717) is 29.1 Å². The molecule has 1 aliphatic heterocycles. The largest absolute Gasteiger partial charge is 0.472 e. The van der Waals surface area contributed by atoms with Gasteiger partial charge in [-0.3, -0.25) is 4.79 Å². The van der Waals surface area contributed by atoms with Crippen molar-refractivity contribution in [3.63, 3.8) is 0 Å². The number of amides is 1. The second-order valence-corrected chi connectivity index (χ2v) is 9.29. The van der Waals surface area contributed by atoms with Crippen LogP contribution in [0.15, 0.2) is 58.5 Å². The van der Waals surface area contributed by atoms with Crippen molar-refractivity contribution in [3.8, 4) is 5.88 Å². The zero-order chi connectivity index (χ0) is 23.4. The first-order chi connectivity index (χ1) is 15.9. The van der Waals surface area contributed by atoms with E-state index >= 15 is 0 Å². The fourth-order valence-corrected chi connectivity index (χ4v) is 4.60. The minimum Gasteiger partial charge on any atom is -0.472 e. The van der Waals surface area contributed by atoms with Gasteiger partial charge in [0.05, 0.1) is 21.7 Å². The number of nitrogen functional groups attached to an aromatic ring is 1. The number of ether oxygens (including phenoxy) is 1. The number of carbonyl (C=O) groups excluding carboxylic acids is 1. The molecule has 1 amide bonds. The molecule has 8 nitrogen and oxygen atoms in total. The second kappa shape index (κ2) is 10.3. The third-order valence-corrected chi connectivity index (χ3v) is 6.56. The van der Waals surface area contributed by atoms with E-state index in [1.165, 1.54) is 11.8 Å². The molecule has 2 aromatic carbocycles. The summed E-state index contributed by atoms with van der Waals surface area (Å²) in [5, 5.41) is 0.296. The summed E-state index contributed by atoms with van der Waals surface area (Å²) >= 11 is 7.63. The number of aromatic nitrogens is 2. The number of rotatable bonds is 7. The van der Waals surface area contributed by atoms with Gasteiger partial charge in [0.25, 0.3) is 0 Å². The van der Waals surface area contributed by atoms with Crippen molar-refractivity contribution in [2.24, 2.45) is 5.73 Å². The summed E-state index contributed by atoms with van der Waals surface area (Å²) in [7, 11) is 2.10. The lowest BCUT2D eigenvalue weighted by molar-refractivity contribution is 0.100. The van der Waals surface area contributed by atoms with Crippen LogP contribution in [0.5, 0.6) is 5.88 Å². The number of nitrogens with zero attached hydrogens (tertiary/aromatic N) is 4. The van der Waals surface area contributed by atoms with Crippen molar-refractivity contribution >= 4 is 40.9 Å². The Balaban J connectivity index is 1.60. The third-order valence-electron chi connectivity index (χ3n) is 5.26. The SMILES string of the molecule is CN1CCN(c2ncc(Sc3ccc(C(N)=O)c(Cl)c3)c(OCc3cccc(N)c3)n2)CC1. The standard InChI is InChI=1S/C23H25ClN6O2S/c1-29-7-9-30(10-8-29)23-27-13-20(33-17-5-6-18(21(26)31)19(24)12-17)22(28-23)32-14-15-3-2-4-16(25)11-15/h2-6,11-13H,7-10,14,25H2,1H3,(H2,26,31). The average molecular weight is 485 g/mol. The van der Waals surface area contributed by atoms with Gasteiger partial charge in [-0.25, -0.2) is 4.98 Å². The first-order valence-electron chi connectivity index (χ1n) is 10.4. The first kappa shape index (κ1) is 23.2. The second-order valence-electron chi connectivity index (χ2n) is 7.77. The molecule has 3 aromatic rings. The van der Waals surface area contributed by atoms with E-state index in [0.717, 1.165) is 41.5 Å². The van der Waals surface area contributed by atoms with Gasteiger partial charge >= 0.3 is 0 Å². The van der Waals surface area contributed by atoms with Gasteiger partial charge in [-0.1, -0.05) is 35.5 Å². The van der Waals surface area contributed by atoms with Crippen molar-refractivity contribution in [3.05, 3.63) is 64.8 Å². The molecule has 0 unspecified atom stereocenters. The highest BCUT2D eigenvalue weighted by Gasteiger charge is 2.19. The van der Waals surface area contributed by atoms with Crippen LogP contribution >= 0.6 is 23.4 Å². The fourth-order valence-electron chi connectivity index (χ4n) is 3.40. The van der Waals surface area contributed by atoms with E-state index in [2.05, 4.69) is 21.8 Å². The Labute approximate surface area is 201 Å². The van der Waals surface area contributed by atoms with Gasteiger partial charge in [0, 0.05) is 36.8 Å². The van der Waals surface area contributed by atoms with Crippen LogP contribution in [0.25, 0.3) is 0 Å². The minimum absolute atomic E-state index is 0.279. The molecule has 2 heterocycles. The van der Waals surface area contributed by atoms with Crippen molar-refractivity contribution in [2.45, 2.75) is 16.4 Å². The van der Waals surface area contributed by atoms with Gasteiger partial charge in [0.15, 0.2) is 0 Å². The Bertz CT molecular complexity index is 1150. The normalized spacial score (nSPS) is 14.3. The molecule has 4 N–H and O–H groups in total. The lowest BCUT2D eigenvalue weighted by Gasteiger charge is -2.32. The predicted octanol–water partition coefficient (Wildman–Crippen LogP) is 3.29. The zero-order valence-electron chi connectivity index (χ0n) is 18.2. The summed E-state index contributed by atoms with van der Waals surface area (Å²) in [4.78, 5) is 26.8. The third kappa shape index (κ3) is 5.87. The molecule has 1 fully saturated rings. The van der Waals surface area contributed by atoms with Crippen molar-refractivity contribution < 1.29 is 9.53 Å². The molecular weight excluding hydrogens is 460 g/mol. The Morgan fingerprint density at radius 1 is 1.18 bits per heavy atom. The minimum atomic E-state index is -0.567. The Hall–Kier alpha value is -3.01. The van der Waals surface area contributed by atoms with Crippen LogP contribution in [0.4, 0.5) is 11.6 Å². The fraction of sp³-hybridized carbons (Fsp3) is 0.261. The number of hydrogen-bond donors (Lipinski definition) is 2. The first-order valence-corrected chi connectivity index (χ1v) is 11.6. The van der Waals surface area contributed by atoms with Gasteiger partial charge in [0.2, 0.25) is 17.7 Å². The molecule has 0 spiro atoms. The van der Waals surface area contributed by atoms with Crippen LogP contribution in [0.1, 0.15) is 15.9 Å². The van der Waals surface area contributed by atoms with Crippen LogP contribution in [0.3, 0.4) is 0 Å². The monoisotopic (exact) mass is 484 g/mol. The molecule has 0 radical (unpaired) electrons. The van der Waals surface area contributed by atoms with Crippen molar-refractivity contribution in [2.75, 3.05) is 43.9 Å². The zero-order valence-corrected chi connectivity index (χ0v) is 19.8. The van der Waals surface area contributed by atoms with E-state index < -0.39 is 5.91 Å². The maximum Gasteiger partial charge on any atom is 0.250 e. The van der Waals surface area contributed by atoms with Crippen LogP contribution in [0, 0.1) is 0 Å². The van der Waals surface area contributed by atoms with Crippen LogP contribution in [0.2, 0.25) is 5.02 Å². The van der Waals surface area contributed by atoms with Gasteiger partial charge < -0.3 is 26.0 Å². The lowest BCUT2D eigenvalue weighted by Crippen LogP contribution is -2.45. The van der Waals surface area contributed by atoms with E-state index in [9.17, 15) is 4.79 Å². The van der Waals surface area contributed by atoms with E-state index in [1.807, 2.05) is 24.3 Å². The molecule has 4 rings (SSSR count). The Kier molecular flexibility index (Phi) is 7.22. The Morgan fingerprint density at radius 2 is 1.97 bits per heavy atom. The Morgan fingerprint density at radius 3 is 2.67 bits per heavy atom. The number of carbonyl (C=O) groups is 1. The number of piperazine rings is 1. The molecule has 0 atom stereocenters. The van der Waals surface area contributed by atoms with E-state index in [-0.39, 0.29) is 5.56 Å². The van der Waals surface area contributed by atoms with Gasteiger partial charge in [0.1, 0.15) is 6.61 Å². The average Bonchev–Trinajstić information content (AvgIpc) is 2.79. The summed E-state index contributed by atoms with van der Waals surface area (Å²) in [5.41, 5.74) is 13.2. The lowest BCUT2D eigenvalue weighted by atomic mass is 10.2. The number of anilines is 2. The maximum absolute atomic E-state index is 11.5. The molecular formula is C23H25ClN6O2S. The highest BCUT2D eigenvalue weighted by atomic mass is 35.5. The summed E-state index contributed by atoms with van der Waals surface area (Å²) in [6.07, 6.45) is 1.76. The quantitative estimate of drug-likeness (QED) is 0.491. The number of hydrogen-bond acceptors (Lipinski definition) is 8. The molecule has 0 saturated carbocycles. The van der Waals surface area contributed by atoms with Crippen LogP contribution in [-0.4, -0.2) is 54.0 Å². The van der Waals surface area contributed by atoms with Gasteiger partial charge in [-0.2, -0.15) is 4.98 Å². The number of benzene rings is 2. The molecule has 1 aliphatic rings. The maximum atomic E-state index is 11.5. The summed E-state index contributed by atoms with van der Waals surface area (Å²) < 4.78 is 6.12. The smallest absolute Gasteiger partial charge is 0.250 e. The number of nitrogens with two attached hydrogens (primary N) is 2. The highest BCUT2D eigenvalue weighted by molar-refractivity contribution is 7.99. The summed E-state index contributed by atoms with van der Waals surface area (Å²) in [6, 6.07) is 12.6. The number of likely N-dealkylation sites (N-methyl/N-ethyl adjacent to an activating group) is 1. The number of primary amides is 1. The molecule has 0 aliphatic carbocycles. The highest BCUT2D eigenvalue weighted by Crippen LogP contribution is 2.36. The summed E-state index contributed by atoms with van der Waals surface area (Å²) in [5.74, 6) is 0.543. The molecule has 0 bridgehead atoms. The molecule has 1 saturated heterocycles. The predicted molar refractivity (Wildman–Crippen MR) is 131 cm³/mol. The molecule has 33 heavy (non-hydrogen) atoms. The molecule has 172 valence electrons. The van der Waals surface area contributed by atoms with Gasteiger partial charge in [-0.05, 0) is 42.9 Å². The number of halogens is 1. The van der Waals surface area contributed by atoms with Crippen LogP contribution in [-0.2, 0) is 6.61 Å².